The van der Waals surface area contributed by atoms with E-state index >= 15 is 4.39 Å². The van der Waals surface area contributed by atoms with Gasteiger partial charge < -0.3 is 20.9 Å². The number of carbonyl (C=O) groups excluding carboxylic acids is 2. The first-order valence-electron chi connectivity index (χ1n) is 13.5. The minimum atomic E-state index is -1.72. The van der Waals surface area contributed by atoms with Crippen molar-refractivity contribution in [2.24, 2.45) is 11.7 Å². The van der Waals surface area contributed by atoms with Gasteiger partial charge in [-0.3, -0.25) is 14.6 Å². The zero-order valence-corrected chi connectivity index (χ0v) is 24.6. The van der Waals surface area contributed by atoms with E-state index in [1.807, 2.05) is 13.0 Å². The molecule has 1 aliphatic heterocycles. The van der Waals surface area contributed by atoms with E-state index in [0.717, 1.165) is 11.6 Å². The topological polar surface area (TPSA) is 127 Å². The summed E-state index contributed by atoms with van der Waals surface area (Å²) in [5, 5.41) is 15.5. The van der Waals surface area contributed by atoms with E-state index in [1.54, 1.807) is 19.2 Å². The maximum Gasteiger partial charge on any atom is 0.251 e. The number of rotatable bonds is 7. The number of benzene rings is 2. The van der Waals surface area contributed by atoms with Gasteiger partial charge in [-0.25, -0.2) is 13.8 Å². The number of hydrogen-bond donors (Lipinski definition) is 3. The summed E-state index contributed by atoms with van der Waals surface area (Å²) in [6.45, 7) is 3.04. The van der Waals surface area contributed by atoms with Crippen molar-refractivity contribution >= 4 is 45.9 Å². The van der Waals surface area contributed by atoms with Gasteiger partial charge in [0.2, 0.25) is 5.91 Å². The van der Waals surface area contributed by atoms with Crippen molar-refractivity contribution < 1.29 is 28.2 Å². The fourth-order valence-corrected chi connectivity index (χ4v) is 5.90. The first kappa shape index (κ1) is 29.2. The number of nitrogens with one attached hydrogen (secondary N) is 1. The molecule has 2 aliphatic rings. The molecule has 0 saturated heterocycles. The van der Waals surface area contributed by atoms with Crippen LogP contribution in [0.3, 0.4) is 0 Å². The maximum atomic E-state index is 15.1. The van der Waals surface area contributed by atoms with Gasteiger partial charge in [0.05, 0.1) is 27.8 Å². The van der Waals surface area contributed by atoms with Gasteiger partial charge in [0.1, 0.15) is 40.7 Å². The second-order valence-corrected chi connectivity index (χ2v) is 12.2. The zero-order valence-electron chi connectivity index (χ0n) is 23.1. The van der Waals surface area contributed by atoms with Crippen LogP contribution in [0.5, 0.6) is 5.75 Å². The highest BCUT2D eigenvalue weighted by Crippen LogP contribution is 2.50. The summed E-state index contributed by atoms with van der Waals surface area (Å²) in [6, 6.07) is 8.22. The van der Waals surface area contributed by atoms with Crippen molar-refractivity contribution in [1.82, 2.24) is 15.3 Å². The normalized spacial score (nSPS) is 19.0. The predicted octanol–water partition coefficient (Wildman–Crippen LogP) is 5.35. The zero-order chi connectivity index (χ0) is 30.8. The van der Waals surface area contributed by atoms with Gasteiger partial charge in [-0.15, -0.1) is 0 Å². The molecule has 0 bridgehead atoms. The number of pyridine rings is 2. The number of hydrogen-bond acceptors (Lipinski definition) is 6. The van der Waals surface area contributed by atoms with Crippen molar-refractivity contribution in [2.45, 2.75) is 37.7 Å². The highest BCUT2D eigenvalue weighted by molar-refractivity contribution is 6.35. The molecule has 0 radical (unpaired) electrons. The highest BCUT2D eigenvalue weighted by atomic mass is 35.5. The lowest BCUT2D eigenvalue weighted by atomic mass is 9.81. The minimum Gasteiger partial charge on any atom is -0.489 e. The average Bonchev–Trinajstić information content (AvgIpc) is 3.76. The largest absolute Gasteiger partial charge is 0.489 e. The third-order valence-corrected chi connectivity index (χ3v) is 8.81. The quantitative estimate of drug-likeness (QED) is 0.237. The van der Waals surface area contributed by atoms with Crippen LogP contribution in [0.2, 0.25) is 10.0 Å². The molecule has 222 valence electrons. The van der Waals surface area contributed by atoms with E-state index in [-0.39, 0.29) is 57.9 Å². The number of ether oxygens (including phenoxy) is 1. The second kappa shape index (κ2) is 10.4. The molecule has 2 atom stereocenters. The summed E-state index contributed by atoms with van der Waals surface area (Å²) in [5.41, 5.74) is 4.51. The highest BCUT2D eigenvalue weighted by Gasteiger charge is 2.50. The van der Waals surface area contributed by atoms with E-state index in [9.17, 15) is 19.1 Å². The molecule has 0 spiro atoms. The summed E-state index contributed by atoms with van der Waals surface area (Å²) >= 11 is 12.4. The van der Waals surface area contributed by atoms with E-state index in [1.165, 1.54) is 12.1 Å². The lowest BCUT2D eigenvalue weighted by Crippen LogP contribution is -2.44. The molecule has 6 rings (SSSR count). The molecule has 2 aromatic carbocycles. The number of primary amides is 1. The van der Waals surface area contributed by atoms with Gasteiger partial charge >= 0.3 is 0 Å². The lowest BCUT2D eigenvalue weighted by molar-refractivity contribution is -0.123. The first-order chi connectivity index (χ1) is 20.3. The van der Waals surface area contributed by atoms with Crippen LogP contribution in [0.4, 0.5) is 8.78 Å². The Bertz CT molecular complexity index is 1850. The van der Waals surface area contributed by atoms with E-state index in [0.29, 0.717) is 34.8 Å². The van der Waals surface area contributed by atoms with Crippen LogP contribution < -0.4 is 15.8 Å². The van der Waals surface area contributed by atoms with Crippen LogP contribution in [-0.2, 0) is 15.8 Å². The van der Waals surface area contributed by atoms with Crippen LogP contribution in [0.15, 0.2) is 42.6 Å². The molecule has 4 N–H and O–H groups in total. The van der Waals surface area contributed by atoms with Gasteiger partial charge in [-0.05, 0) is 68.5 Å². The molecule has 8 nitrogen and oxygen atoms in total. The molecule has 2 amide bonds. The maximum absolute atomic E-state index is 15.1. The number of amides is 2. The number of halogens is 4. The Labute approximate surface area is 255 Å². The summed E-state index contributed by atoms with van der Waals surface area (Å²) in [6.07, 6.45) is 2.95. The number of aromatic nitrogens is 2. The molecule has 2 aromatic heterocycles. The molecule has 12 heteroatoms. The number of carbonyl (C=O) groups is 2. The fourth-order valence-electron chi connectivity index (χ4n) is 5.46. The molecule has 1 aliphatic carbocycles. The Morgan fingerprint density at radius 2 is 1.88 bits per heavy atom. The summed E-state index contributed by atoms with van der Waals surface area (Å²) < 4.78 is 35.0. The monoisotopic (exact) mass is 626 g/mol. The van der Waals surface area contributed by atoms with Crippen molar-refractivity contribution in [3.63, 3.8) is 0 Å². The van der Waals surface area contributed by atoms with Gasteiger partial charge in [0.25, 0.3) is 5.91 Å². The number of nitrogens with two attached hydrogens (primary N) is 1. The molecular weight excluding hydrogens is 601 g/mol. The molecule has 4 aromatic rings. The van der Waals surface area contributed by atoms with Crippen molar-refractivity contribution in [3.05, 3.63) is 86.7 Å². The second-order valence-electron chi connectivity index (χ2n) is 11.4. The smallest absolute Gasteiger partial charge is 0.251 e. The Morgan fingerprint density at radius 3 is 2.58 bits per heavy atom. The Hall–Kier alpha value is -3.86. The summed E-state index contributed by atoms with van der Waals surface area (Å²) in [5.74, 6) is -3.35. The number of nitrogens with zero attached hydrogens (tertiary/aromatic N) is 2. The van der Waals surface area contributed by atoms with Gasteiger partial charge in [-0.1, -0.05) is 23.2 Å². The molecule has 0 unspecified atom stereocenters. The summed E-state index contributed by atoms with van der Waals surface area (Å²) in [7, 11) is 0. The third kappa shape index (κ3) is 4.97. The van der Waals surface area contributed by atoms with Crippen LogP contribution >= 0.6 is 23.2 Å². The molecular formula is C31H26Cl2F2N4O4. The minimum absolute atomic E-state index is 0.0678. The van der Waals surface area contributed by atoms with Crippen LogP contribution in [0.25, 0.3) is 22.2 Å². The van der Waals surface area contributed by atoms with E-state index in [4.69, 9.17) is 33.7 Å². The van der Waals surface area contributed by atoms with Gasteiger partial charge in [-0.2, -0.15) is 0 Å². The van der Waals surface area contributed by atoms with Gasteiger partial charge in [0, 0.05) is 34.3 Å². The van der Waals surface area contributed by atoms with Crippen LogP contribution in [-0.4, -0.2) is 40.0 Å². The first-order valence-corrected chi connectivity index (χ1v) is 14.3. The third-order valence-electron chi connectivity index (χ3n) is 8.23. The Morgan fingerprint density at radius 1 is 1.14 bits per heavy atom. The molecule has 1 fully saturated rings. The number of fused-ring (bicyclic) bond motifs is 2. The van der Waals surface area contributed by atoms with Crippen molar-refractivity contribution in [3.8, 4) is 17.0 Å². The van der Waals surface area contributed by atoms with Crippen molar-refractivity contribution in [1.29, 1.82) is 0 Å². The fraction of sp³-hybridized carbons (Fsp3) is 0.290. The molecule has 43 heavy (non-hydrogen) atoms. The summed E-state index contributed by atoms with van der Waals surface area (Å²) in [4.78, 5) is 34.8. The SMILES string of the molecule is Cc1cnc2c(Cl)cc(C(=O)NC[C@](O)(c3cc4c(c(-c5cc(Cl)c(F)cc5F)n3)OC[C@]4(C)C(N)=O)C3CC3)cc2c1. The standard InChI is InChI=1S/C31H26Cl2F2N4O4/c1-14-5-15-6-16(7-21(33)25(15)37-11-14)28(40)38-12-31(42,17-3-4-17)24-9-19-27(43-13-30(19,2)29(36)41)26(39-24)18-8-20(32)23(35)10-22(18)34/h5-11,17,42H,3-4,12-13H2,1-2H3,(H2,36,41)(H,38,40)/t30-,31+/m0/s1. The Kier molecular flexibility index (Phi) is 7.06. The lowest BCUT2D eigenvalue weighted by Gasteiger charge is -2.30. The Balaban J connectivity index is 1.42. The predicted molar refractivity (Wildman–Crippen MR) is 157 cm³/mol. The van der Waals surface area contributed by atoms with Crippen LogP contribution in [0, 0.1) is 24.5 Å². The molecule has 3 heterocycles. The molecule has 1 saturated carbocycles. The van der Waals surface area contributed by atoms with Crippen LogP contribution in [0.1, 0.15) is 46.9 Å². The van der Waals surface area contributed by atoms with E-state index in [2.05, 4.69) is 15.3 Å². The van der Waals surface area contributed by atoms with Crippen molar-refractivity contribution in [2.75, 3.05) is 13.2 Å². The van der Waals surface area contributed by atoms with Gasteiger partial charge in [0.15, 0.2) is 0 Å². The average molecular weight is 627 g/mol. The number of aliphatic hydroxyl groups is 1. The van der Waals surface area contributed by atoms with E-state index < -0.39 is 34.5 Å². The number of aryl methyl sites for hydroxylation is 1.